The molecule has 0 aromatic heterocycles. The van der Waals surface area contributed by atoms with Crippen LogP contribution in [-0.2, 0) is 23.8 Å². The summed E-state index contributed by atoms with van der Waals surface area (Å²) >= 11 is 0. The lowest BCUT2D eigenvalue weighted by molar-refractivity contribution is -0.146. The van der Waals surface area contributed by atoms with E-state index in [2.05, 4.69) is 0 Å². The van der Waals surface area contributed by atoms with E-state index in [1.165, 1.54) is 42.3 Å². The van der Waals surface area contributed by atoms with Gasteiger partial charge in [0.25, 0.3) is 0 Å². The third-order valence-electron chi connectivity index (χ3n) is 6.60. The van der Waals surface area contributed by atoms with Gasteiger partial charge >= 0.3 is 11.9 Å². The van der Waals surface area contributed by atoms with Gasteiger partial charge in [-0.2, -0.15) is 0 Å². The minimum Gasteiger partial charge on any atom is -0.493 e. The lowest BCUT2D eigenvalue weighted by atomic mass is 9.83. The molecule has 2 aromatic rings. The number of carbonyl (C=O) groups excluding carboxylic acids is 2. The van der Waals surface area contributed by atoms with Crippen LogP contribution in [0, 0.1) is 11.8 Å². The summed E-state index contributed by atoms with van der Waals surface area (Å²) in [6, 6.07) is 7.20. The van der Waals surface area contributed by atoms with Gasteiger partial charge in [-0.3, -0.25) is 9.59 Å². The monoisotopic (exact) mass is 532 g/mol. The fourth-order valence-corrected chi connectivity index (χ4v) is 4.89. The number of carbonyl (C=O) groups is 2. The molecule has 1 fully saturated rings. The average molecular weight is 533 g/mol. The van der Waals surface area contributed by atoms with Crippen LogP contribution in [0.25, 0.3) is 0 Å². The summed E-state index contributed by atoms with van der Waals surface area (Å²) in [4.78, 5) is 23.6. The standard InChI is InChI=1S/C27H32O11/c1-14(28)34-11-18-19(12-35-15(2)29)25(17-9-22(32-5)27-23(10-17)36-13-37-27)38-24(18)16-7-20(30-3)26(33-6)21(8-16)31-4/h7-10,18-19,24-25H,11-13H2,1-6H3/t18-,19-,24-,25+/m0/s1. The molecule has 4 atom stereocenters. The molecule has 2 heterocycles. The van der Waals surface area contributed by atoms with Crippen molar-refractivity contribution >= 4 is 11.9 Å². The van der Waals surface area contributed by atoms with Crippen molar-refractivity contribution in [1.29, 1.82) is 0 Å². The predicted octanol–water partition coefficient (Wildman–Crippen LogP) is 3.62. The fraction of sp³-hybridized carbons (Fsp3) is 0.481. The number of hydrogen-bond acceptors (Lipinski definition) is 11. The Morgan fingerprint density at radius 3 is 1.71 bits per heavy atom. The third kappa shape index (κ3) is 5.38. The molecule has 4 rings (SSSR count). The molecule has 0 saturated carbocycles. The number of benzene rings is 2. The Hall–Kier alpha value is -3.86. The average Bonchev–Trinajstić information content (AvgIpc) is 3.53. The van der Waals surface area contributed by atoms with E-state index in [0.717, 1.165) is 5.56 Å². The van der Waals surface area contributed by atoms with E-state index >= 15 is 0 Å². The van der Waals surface area contributed by atoms with Crippen molar-refractivity contribution in [3.63, 3.8) is 0 Å². The quantitative estimate of drug-likeness (QED) is 0.418. The van der Waals surface area contributed by atoms with Gasteiger partial charge < -0.3 is 42.6 Å². The van der Waals surface area contributed by atoms with Crippen molar-refractivity contribution < 1.29 is 52.2 Å². The normalized spacial score (nSPS) is 21.5. The summed E-state index contributed by atoms with van der Waals surface area (Å²) in [7, 11) is 6.11. The summed E-state index contributed by atoms with van der Waals surface area (Å²) in [5.41, 5.74) is 1.44. The highest BCUT2D eigenvalue weighted by Crippen LogP contribution is 2.54. The largest absolute Gasteiger partial charge is 0.493 e. The van der Waals surface area contributed by atoms with Gasteiger partial charge in [-0.05, 0) is 35.4 Å². The molecular weight excluding hydrogens is 500 g/mol. The SMILES string of the molecule is COc1cc([C@@H]2O[C@H](c3cc(OC)c4c(c3)OCO4)[C@@H](COC(C)=O)[C@@H]2COC(C)=O)cc(OC)c1OC. The molecule has 0 aliphatic carbocycles. The molecule has 1 saturated heterocycles. The second kappa shape index (κ2) is 11.7. The zero-order valence-corrected chi connectivity index (χ0v) is 22.2. The molecule has 0 bridgehead atoms. The molecule has 2 aliphatic heterocycles. The van der Waals surface area contributed by atoms with Gasteiger partial charge in [0.2, 0.25) is 18.3 Å². The number of ether oxygens (including phenoxy) is 9. The molecule has 2 aromatic carbocycles. The Morgan fingerprint density at radius 1 is 0.737 bits per heavy atom. The van der Waals surface area contributed by atoms with E-state index in [0.29, 0.717) is 40.1 Å². The number of methoxy groups -OCH3 is 4. The zero-order valence-electron chi connectivity index (χ0n) is 22.2. The molecule has 11 heteroatoms. The van der Waals surface area contributed by atoms with Gasteiger partial charge in [0.1, 0.15) is 0 Å². The topological polar surface area (TPSA) is 117 Å². The van der Waals surface area contributed by atoms with Crippen LogP contribution in [0.15, 0.2) is 24.3 Å². The van der Waals surface area contributed by atoms with Gasteiger partial charge in [-0.15, -0.1) is 0 Å². The first-order valence-corrected chi connectivity index (χ1v) is 12.0. The van der Waals surface area contributed by atoms with Gasteiger partial charge in [0.05, 0.1) is 53.9 Å². The Morgan fingerprint density at radius 2 is 1.24 bits per heavy atom. The first-order chi connectivity index (χ1) is 18.3. The molecule has 0 radical (unpaired) electrons. The van der Waals surface area contributed by atoms with Crippen molar-refractivity contribution in [2.24, 2.45) is 11.8 Å². The molecule has 0 unspecified atom stereocenters. The van der Waals surface area contributed by atoms with Crippen molar-refractivity contribution in [2.45, 2.75) is 26.1 Å². The van der Waals surface area contributed by atoms with Gasteiger partial charge in [-0.1, -0.05) is 0 Å². The lowest BCUT2D eigenvalue weighted by Gasteiger charge is -2.24. The molecule has 2 aliphatic rings. The maximum Gasteiger partial charge on any atom is 0.302 e. The maximum absolute atomic E-state index is 11.8. The number of fused-ring (bicyclic) bond motifs is 1. The van der Waals surface area contributed by atoms with E-state index in [1.807, 2.05) is 6.07 Å². The highest BCUT2D eigenvalue weighted by atomic mass is 16.7. The molecule has 0 spiro atoms. The first-order valence-electron chi connectivity index (χ1n) is 12.0. The fourth-order valence-electron chi connectivity index (χ4n) is 4.89. The Labute approximate surface area is 220 Å². The maximum atomic E-state index is 11.8. The summed E-state index contributed by atoms with van der Waals surface area (Å²) in [5.74, 6) is 1.16. The highest BCUT2D eigenvalue weighted by Gasteiger charge is 2.48. The van der Waals surface area contributed by atoms with Crippen LogP contribution in [0.1, 0.15) is 37.2 Å². The lowest BCUT2D eigenvalue weighted by Crippen LogP contribution is -2.27. The van der Waals surface area contributed by atoms with Crippen LogP contribution in [0.3, 0.4) is 0 Å². The summed E-state index contributed by atoms with van der Waals surface area (Å²) in [6.45, 7) is 2.81. The predicted molar refractivity (Wildman–Crippen MR) is 132 cm³/mol. The Bertz CT molecular complexity index is 1150. The van der Waals surface area contributed by atoms with Crippen LogP contribution in [0.5, 0.6) is 34.5 Å². The van der Waals surface area contributed by atoms with Crippen LogP contribution >= 0.6 is 0 Å². The first kappa shape index (κ1) is 27.2. The summed E-state index contributed by atoms with van der Waals surface area (Å²) in [5, 5.41) is 0. The van der Waals surface area contributed by atoms with Crippen molar-refractivity contribution in [3.05, 3.63) is 35.4 Å². The van der Waals surface area contributed by atoms with Gasteiger partial charge in [-0.25, -0.2) is 0 Å². The number of rotatable bonds is 10. The summed E-state index contributed by atoms with van der Waals surface area (Å²) < 4.78 is 50.8. The second-order valence-corrected chi connectivity index (χ2v) is 8.83. The van der Waals surface area contributed by atoms with E-state index < -0.39 is 36.0 Å². The third-order valence-corrected chi connectivity index (χ3v) is 6.60. The minimum atomic E-state index is -0.593. The van der Waals surface area contributed by atoms with E-state index in [1.54, 1.807) is 18.2 Å². The Kier molecular flexibility index (Phi) is 8.35. The number of hydrogen-bond donors (Lipinski definition) is 0. The van der Waals surface area contributed by atoms with Gasteiger partial charge in [0, 0.05) is 25.7 Å². The van der Waals surface area contributed by atoms with Crippen molar-refractivity contribution in [2.75, 3.05) is 48.4 Å². The van der Waals surface area contributed by atoms with Crippen LogP contribution < -0.4 is 28.4 Å². The highest BCUT2D eigenvalue weighted by molar-refractivity contribution is 5.66. The van der Waals surface area contributed by atoms with Crippen LogP contribution in [0.2, 0.25) is 0 Å². The van der Waals surface area contributed by atoms with E-state index in [9.17, 15) is 9.59 Å². The smallest absolute Gasteiger partial charge is 0.302 e. The molecular formula is C27H32O11. The molecule has 38 heavy (non-hydrogen) atoms. The zero-order chi connectivity index (χ0) is 27.4. The van der Waals surface area contributed by atoms with Gasteiger partial charge in [0.15, 0.2) is 23.0 Å². The van der Waals surface area contributed by atoms with Crippen LogP contribution in [-0.4, -0.2) is 60.4 Å². The second-order valence-electron chi connectivity index (χ2n) is 8.83. The Balaban J connectivity index is 1.82. The molecule has 0 N–H and O–H groups in total. The summed E-state index contributed by atoms with van der Waals surface area (Å²) in [6.07, 6.45) is -1.17. The van der Waals surface area contributed by atoms with Crippen molar-refractivity contribution in [1.82, 2.24) is 0 Å². The van der Waals surface area contributed by atoms with Crippen LogP contribution in [0.4, 0.5) is 0 Å². The van der Waals surface area contributed by atoms with Crippen molar-refractivity contribution in [3.8, 4) is 34.5 Å². The molecule has 206 valence electrons. The molecule has 11 nitrogen and oxygen atoms in total. The minimum absolute atomic E-state index is 0.0285. The van der Waals surface area contributed by atoms with E-state index in [4.69, 9.17) is 42.6 Å². The number of esters is 2. The molecule has 0 amide bonds. The van der Waals surface area contributed by atoms with E-state index in [-0.39, 0.29) is 20.0 Å².